The van der Waals surface area contributed by atoms with E-state index in [2.05, 4.69) is 21.1 Å². The van der Waals surface area contributed by atoms with Gasteiger partial charge in [-0.3, -0.25) is 15.1 Å². The van der Waals surface area contributed by atoms with E-state index in [4.69, 9.17) is 0 Å². The predicted octanol–water partition coefficient (Wildman–Crippen LogP) is 1.12. The minimum Gasteiger partial charge on any atom is -0.480 e. The number of hydrogen-bond donors (Lipinski definition) is 4. The van der Waals surface area contributed by atoms with Crippen LogP contribution in [0.2, 0.25) is 0 Å². The molecule has 0 saturated carbocycles. The van der Waals surface area contributed by atoms with E-state index in [0.29, 0.717) is 0 Å². The van der Waals surface area contributed by atoms with Gasteiger partial charge in [0.25, 0.3) is 0 Å². The first-order chi connectivity index (χ1) is 12.6. The molecule has 3 unspecified atom stereocenters. The lowest BCUT2D eigenvalue weighted by molar-refractivity contribution is -0.142. The van der Waals surface area contributed by atoms with Crippen molar-refractivity contribution in [3.63, 3.8) is 0 Å². The highest BCUT2D eigenvalue weighted by atomic mass is 19.1. The van der Waals surface area contributed by atoms with Gasteiger partial charge in [0.05, 0.1) is 6.04 Å². The summed E-state index contributed by atoms with van der Waals surface area (Å²) >= 11 is 0. The summed E-state index contributed by atoms with van der Waals surface area (Å²) in [5.74, 6) is -0.702. The van der Waals surface area contributed by atoms with Gasteiger partial charge in [0.2, 0.25) is 0 Å². The van der Waals surface area contributed by atoms with E-state index >= 15 is 0 Å². The first-order valence-electron chi connectivity index (χ1n) is 9.48. The number of halogens is 1. The maximum absolute atomic E-state index is 13.2. The molecule has 0 aromatic heterocycles. The number of carboxylic acid groups (broad SMARTS) is 1. The molecule has 1 spiro atoms. The van der Waals surface area contributed by atoms with Crippen molar-refractivity contribution in [2.24, 2.45) is 11.3 Å². The molecule has 3 aliphatic heterocycles. The summed E-state index contributed by atoms with van der Waals surface area (Å²) in [6, 6.07) is 6.23. The molecule has 3 aliphatic rings. The summed E-state index contributed by atoms with van der Waals surface area (Å²) in [7, 11) is 0. The minimum absolute atomic E-state index is 0.0645. The van der Waals surface area contributed by atoms with Gasteiger partial charge in [0.1, 0.15) is 11.9 Å². The SMILES string of the molecule is O=C(O)C1CC2(CCNCC2)CN1CC1CNNC1c1ccc(F)cc1. The predicted molar refractivity (Wildman–Crippen MR) is 95.9 cm³/mol. The molecule has 3 saturated heterocycles. The number of hydrazine groups is 1. The summed E-state index contributed by atoms with van der Waals surface area (Å²) < 4.78 is 13.2. The Morgan fingerprint density at radius 3 is 2.69 bits per heavy atom. The lowest BCUT2D eigenvalue weighted by Gasteiger charge is -2.34. The summed E-state index contributed by atoms with van der Waals surface area (Å²) in [5.41, 5.74) is 7.64. The number of piperidine rings is 1. The first kappa shape index (κ1) is 17.9. The molecule has 0 bridgehead atoms. The van der Waals surface area contributed by atoms with Crippen LogP contribution in [0.4, 0.5) is 4.39 Å². The minimum atomic E-state index is -0.711. The van der Waals surface area contributed by atoms with Crippen molar-refractivity contribution >= 4 is 5.97 Å². The first-order valence-corrected chi connectivity index (χ1v) is 9.48. The van der Waals surface area contributed by atoms with Crippen LogP contribution in [0, 0.1) is 17.2 Å². The van der Waals surface area contributed by atoms with Crippen molar-refractivity contribution in [1.82, 2.24) is 21.1 Å². The highest BCUT2D eigenvalue weighted by Gasteiger charge is 2.48. The molecule has 3 heterocycles. The zero-order valence-corrected chi connectivity index (χ0v) is 14.9. The average molecular weight is 362 g/mol. The Morgan fingerprint density at radius 1 is 1.27 bits per heavy atom. The van der Waals surface area contributed by atoms with Crippen LogP contribution in [0.3, 0.4) is 0 Å². The van der Waals surface area contributed by atoms with Crippen LogP contribution < -0.4 is 16.2 Å². The number of carbonyl (C=O) groups is 1. The Balaban J connectivity index is 1.49. The lowest BCUT2D eigenvalue weighted by atomic mass is 9.77. The molecule has 1 aromatic rings. The van der Waals surface area contributed by atoms with Gasteiger partial charge in [0.15, 0.2) is 0 Å². The maximum atomic E-state index is 13.2. The molecule has 26 heavy (non-hydrogen) atoms. The molecule has 0 aliphatic carbocycles. The van der Waals surface area contributed by atoms with Crippen molar-refractivity contribution in [3.8, 4) is 0 Å². The van der Waals surface area contributed by atoms with Gasteiger partial charge in [-0.15, -0.1) is 0 Å². The van der Waals surface area contributed by atoms with E-state index in [0.717, 1.165) is 57.5 Å². The topological polar surface area (TPSA) is 76.6 Å². The van der Waals surface area contributed by atoms with Gasteiger partial charge < -0.3 is 10.4 Å². The second-order valence-electron chi connectivity index (χ2n) is 8.05. The molecule has 4 rings (SSSR count). The number of carboxylic acids is 1. The number of nitrogens with one attached hydrogen (secondary N) is 3. The highest BCUT2D eigenvalue weighted by molar-refractivity contribution is 5.74. The largest absolute Gasteiger partial charge is 0.480 e. The van der Waals surface area contributed by atoms with Gasteiger partial charge >= 0.3 is 5.97 Å². The normalized spacial score (nSPS) is 31.5. The third-order valence-electron chi connectivity index (χ3n) is 6.35. The number of nitrogens with zero attached hydrogens (tertiary/aromatic N) is 1. The fourth-order valence-electron chi connectivity index (χ4n) is 4.93. The van der Waals surface area contributed by atoms with Crippen LogP contribution in [0.1, 0.15) is 30.9 Å². The quantitative estimate of drug-likeness (QED) is 0.643. The lowest BCUT2D eigenvalue weighted by Crippen LogP contribution is -2.42. The van der Waals surface area contributed by atoms with Crippen LogP contribution in [-0.4, -0.2) is 54.7 Å². The van der Waals surface area contributed by atoms with Crippen molar-refractivity contribution in [1.29, 1.82) is 0 Å². The van der Waals surface area contributed by atoms with Crippen LogP contribution >= 0.6 is 0 Å². The van der Waals surface area contributed by atoms with Gasteiger partial charge in [-0.25, -0.2) is 9.82 Å². The van der Waals surface area contributed by atoms with Crippen LogP contribution in [0.15, 0.2) is 24.3 Å². The van der Waals surface area contributed by atoms with Crippen LogP contribution in [0.25, 0.3) is 0 Å². The number of benzene rings is 1. The Kier molecular flexibility index (Phi) is 4.96. The van der Waals surface area contributed by atoms with Gasteiger partial charge in [0, 0.05) is 25.6 Å². The highest BCUT2D eigenvalue weighted by Crippen LogP contribution is 2.43. The van der Waals surface area contributed by atoms with Crippen molar-refractivity contribution in [2.75, 3.05) is 32.7 Å². The summed E-state index contributed by atoms with van der Waals surface area (Å²) in [6.45, 7) is 4.32. The van der Waals surface area contributed by atoms with E-state index in [1.165, 1.54) is 12.1 Å². The standard InChI is InChI=1S/C19H27FN4O2/c20-15-3-1-13(2-4-15)17-14(10-22-23-17)11-24-12-19(5-7-21-8-6-19)9-16(24)18(25)26/h1-4,14,16-17,21-23H,5-12H2,(H,25,26). The molecule has 4 N–H and O–H groups in total. The summed E-state index contributed by atoms with van der Waals surface area (Å²) in [4.78, 5) is 14.0. The van der Waals surface area contributed by atoms with Crippen molar-refractivity contribution in [3.05, 3.63) is 35.6 Å². The molecule has 142 valence electrons. The Labute approximate surface area is 153 Å². The van der Waals surface area contributed by atoms with E-state index in [1.807, 2.05) is 0 Å². The fourth-order valence-corrected chi connectivity index (χ4v) is 4.93. The third kappa shape index (κ3) is 3.49. The number of hydrogen-bond acceptors (Lipinski definition) is 5. The van der Waals surface area contributed by atoms with Gasteiger partial charge in [-0.2, -0.15) is 0 Å². The fraction of sp³-hybridized carbons (Fsp3) is 0.632. The van der Waals surface area contributed by atoms with Gasteiger partial charge in [-0.1, -0.05) is 12.1 Å². The molecule has 3 atom stereocenters. The van der Waals surface area contributed by atoms with Crippen LogP contribution in [0.5, 0.6) is 0 Å². The molecule has 7 heteroatoms. The summed E-state index contributed by atoms with van der Waals surface area (Å²) in [6.07, 6.45) is 2.85. The van der Waals surface area contributed by atoms with E-state index in [9.17, 15) is 14.3 Å². The number of rotatable bonds is 4. The Hall–Kier alpha value is -1.54. The second kappa shape index (κ2) is 7.23. The van der Waals surface area contributed by atoms with Gasteiger partial charge in [-0.05, 0) is 55.5 Å². The molecular weight excluding hydrogens is 335 g/mol. The van der Waals surface area contributed by atoms with Crippen molar-refractivity contribution < 1.29 is 14.3 Å². The summed E-state index contributed by atoms with van der Waals surface area (Å²) in [5, 5.41) is 13.1. The average Bonchev–Trinajstić information content (AvgIpc) is 3.22. The van der Waals surface area contributed by atoms with E-state index in [1.54, 1.807) is 12.1 Å². The monoisotopic (exact) mass is 362 g/mol. The molecular formula is C19H27FN4O2. The zero-order valence-electron chi connectivity index (χ0n) is 14.9. The Morgan fingerprint density at radius 2 is 2.00 bits per heavy atom. The number of aliphatic carboxylic acids is 1. The zero-order chi connectivity index (χ0) is 18.1. The number of likely N-dealkylation sites (tertiary alicyclic amines) is 1. The van der Waals surface area contributed by atoms with E-state index < -0.39 is 12.0 Å². The molecule has 0 radical (unpaired) electrons. The van der Waals surface area contributed by atoms with Crippen molar-refractivity contribution in [2.45, 2.75) is 31.3 Å². The third-order valence-corrected chi connectivity index (χ3v) is 6.35. The maximum Gasteiger partial charge on any atom is 0.320 e. The Bertz CT molecular complexity index is 647. The van der Waals surface area contributed by atoms with Crippen LogP contribution in [-0.2, 0) is 4.79 Å². The molecule has 6 nitrogen and oxygen atoms in total. The molecule has 1 aromatic carbocycles. The molecule has 3 fully saturated rings. The van der Waals surface area contributed by atoms with E-state index in [-0.39, 0.29) is 23.2 Å². The smallest absolute Gasteiger partial charge is 0.320 e. The molecule has 0 amide bonds. The second-order valence-corrected chi connectivity index (χ2v) is 8.05.